The summed E-state index contributed by atoms with van der Waals surface area (Å²) in [6.07, 6.45) is 2.60. The Kier molecular flexibility index (Phi) is 4.33. The summed E-state index contributed by atoms with van der Waals surface area (Å²) in [6.45, 7) is 1.77. The number of hydrogen-bond donors (Lipinski definition) is 1. The number of nitrogens with two attached hydrogens (primary N) is 1. The van der Waals surface area contributed by atoms with Crippen LogP contribution in [0.15, 0.2) is 0 Å². The molecule has 0 aliphatic rings. The molecule has 1 heterocycles. The molecule has 2 N–H and O–H groups in total. The van der Waals surface area contributed by atoms with Crippen molar-refractivity contribution >= 4 is 17.5 Å². The molecule has 1 aromatic heterocycles. The molecule has 0 aromatic carbocycles. The van der Waals surface area contributed by atoms with E-state index in [1.165, 1.54) is 0 Å². The third kappa shape index (κ3) is 2.48. The molecule has 51 valence electrons. The van der Waals surface area contributed by atoms with Gasteiger partial charge < -0.3 is 15.7 Å². The van der Waals surface area contributed by atoms with Gasteiger partial charge in [-0.1, -0.05) is 13.1 Å². The molecule has 1 radical (unpaired) electrons. The molecule has 0 saturated carbocycles. The number of nitrogen functional groups attached to an aromatic ring is 1. The zero-order valence-corrected chi connectivity index (χ0v) is 9.02. The van der Waals surface area contributed by atoms with Gasteiger partial charge in [-0.2, -0.15) is 0 Å². The Morgan fingerprint density at radius 2 is 2.20 bits per heavy atom. The number of rotatable bonds is 0. The van der Waals surface area contributed by atoms with Crippen LogP contribution in [0.3, 0.4) is 0 Å². The topological polar surface area (TPSA) is 51.8 Å². The first-order chi connectivity index (χ1) is 4.20. The number of hydrogen-bond acceptors (Lipinski definition) is 3. The van der Waals surface area contributed by atoms with E-state index in [-0.39, 0.29) is 38.7 Å². The van der Waals surface area contributed by atoms with Gasteiger partial charge in [0.25, 0.3) is 0 Å². The molecular weight excluding hydrogens is 226 g/mol. The second-order valence-electron chi connectivity index (χ2n) is 1.61. The molecule has 0 amide bonds. The van der Waals surface area contributed by atoms with E-state index in [1.807, 2.05) is 0 Å². The van der Waals surface area contributed by atoms with Crippen LogP contribution in [0, 0.1) is 13.1 Å². The summed E-state index contributed by atoms with van der Waals surface area (Å²) >= 11 is 5.55. The van der Waals surface area contributed by atoms with E-state index >= 15 is 0 Å². The molecular formula is C5H5ClN3Y-. The maximum Gasteiger partial charge on any atom is 0.104 e. The van der Waals surface area contributed by atoms with Crippen molar-refractivity contribution in [3.63, 3.8) is 0 Å². The Labute approximate surface area is 89.3 Å². The van der Waals surface area contributed by atoms with E-state index in [0.717, 1.165) is 0 Å². The molecule has 10 heavy (non-hydrogen) atoms. The second-order valence-corrected chi connectivity index (χ2v) is 1.97. The fourth-order valence-electron chi connectivity index (χ4n) is 0.397. The first-order valence-electron chi connectivity index (χ1n) is 2.37. The van der Waals surface area contributed by atoms with Crippen molar-refractivity contribution in [1.82, 2.24) is 9.97 Å². The van der Waals surface area contributed by atoms with E-state index in [9.17, 15) is 0 Å². The SMILES string of the molecule is Cc1[c-]nc(N)nc1Cl.[Y]. The van der Waals surface area contributed by atoms with E-state index in [0.29, 0.717) is 10.7 Å². The summed E-state index contributed by atoms with van der Waals surface area (Å²) in [6, 6.07) is 0. The van der Waals surface area contributed by atoms with E-state index in [4.69, 9.17) is 17.3 Å². The number of aromatic nitrogens is 2. The summed E-state index contributed by atoms with van der Waals surface area (Å²) in [7, 11) is 0. The van der Waals surface area contributed by atoms with Gasteiger partial charge in [0.15, 0.2) is 0 Å². The molecule has 0 aliphatic carbocycles. The van der Waals surface area contributed by atoms with Crippen LogP contribution in [-0.2, 0) is 32.7 Å². The quantitative estimate of drug-likeness (QED) is 0.531. The van der Waals surface area contributed by atoms with Gasteiger partial charge in [0.1, 0.15) is 5.95 Å². The third-order valence-electron chi connectivity index (χ3n) is 0.860. The minimum Gasteiger partial charge on any atom is -0.420 e. The van der Waals surface area contributed by atoms with Crippen LogP contribution in [0.5, 0.6) is 0 Å². The largest absolute Gasteiger partial charge is 0.420 e. The fourth-order valence-corrected chi connectivity index (χ4v) is 0.526. The molecule has 0 fully saturated rings. The van der Waals surface area contributed by atoms with Crippen molar-refractivity contribution in [3.8, 4) is 0 Å². The maximum atomic E-state index is 5.55. The van der Waals surface area contributed by atoms with Crippen molar-refractivity contribution in [3.05, 3.63) is 16.9 Å². The summed E-state index contributed by atoms with van der Waals surface area (Å²) in [4.78, 5) is 7.27. The average molecular weight is 231 g/mol. The zero-order valence-electron chi connectivity index (χ0n) is 5.43. The van der Waals surface area contributed by atoms with Crippen molar-refractivity contribution in [2.45, 2.75) is 6.92 Å². The maximum absolute atomic E-state index is 5.55. The van der Waals surface area contributed by atoms with Gasteiger partial charge in [0.2, 0.25) is 0 Å². The van der Waals surface area contributed by atoms with Crippen LogP contribution in [0.1, 0.15) is 5.56 Å². The summed E-state index contributed by atoms with van der Waals surface area (Å²) in [5.74, 6) is 0.158. The predicted molar refractivity (Wildman–Crippen MR) is 35.0 cm³/mol. The van der Waals surface area contributed by atoms with Crippen molar-refractivity contribution in [1.29, 1.82) is 0 Å². The number of nitrogens with zero attached hydrogens (tertiary/aromatic N) is 2. The Morgan fingerprint density at radius 3 is 2.60 bits per heavy atom. The molecule has 0 bridgehead atoms. The zero-order chi connectivity index (χ0) is 6.85. The van der Waals surface area contributed by atoms with Gasteiger partial charge in [0, 0.05) is 37.9 Å². The molecule has 1 aromatic rings. The van der Waals surface area contributed by atoms with Crippen LogP contribution < -0.4 is 5.73 Å². The standard InChI is InChI=1S/C5H5ClN3.Y/c1-3-2-8-5(7)9-4(3)6;/h1H3,(H2,7,8,9);/q-1;. The van der Waals surface area contributed by atoms with Gasteiger partial charge in [-0.3, -0.25) is 0 Å². The molecule has 5 heteroatoms. The van der Waals surface area contributed by atoms with Crippen molar-refractivity contribution in [2.75, 3.05) is 5.73 Å². The minimum absolute atomic E-state index is 0. The van der Waals surface area contributed by atoms with E-state index in [2.05, 4.69) is 16.2 Å². The third-order valence-corrected chi connectivity index (χ3v) is 1.23. The monoisotopic (exact) mass is 231 g/mol. The summed E-state index contributed by atoms with van der Waals surface area (Å²) < 4.78 is 0. The smallest absolute Gasteiger partial charge is 0.104 e. The molecule has 0 saturated heterocycles. The van der Waals surface area contributed by atoms with Crippen LogP contribution in [0.25, 0.3) is 0 Å². The Morgan fingerprint density at radius 1 is 1.60 bits per heavy atom. The Bertz CT molecular complexity index is 228. The number of aryl methyl sites for hydroxylation is 1. The van der Waals surface area contributed by atoms with E-state index in [1.54, 1.807) is 6.92 Å². The predicted octanol–water partition coefficient (Wildman–Crippen LogP) is 0.818. The van der Waals surface area contributed by atoms with Crippen molar-refractivity contribution < 1.29 is 32.7 Å². The van der Waals surface area contributed by atoms with Gasteiger partial charge in [-0.15, -0.1) is 17.2 Å². The van der Waals surface area contributed by atoms with Crippen LogP contribution in [-0.4, -0.2) is 9.97 Å². The number of halogens is 1. The Balaban J connectivity index is 0.000000810. The first-order valence-corrected chi connectivity index (χ1v) is 2.75. The molecule has 0 aliphatic heterocycles. The summed E-state index contributed by atoms with van der Waals surface area (Å²) in [5.41, 5.74) is 5.90. The average Bonchev–Trinajstić information content (AvgIpc) is 1.80. The van der Waals surface area contributed by atoms with Gasteiger partial charge in [-0.05, 0) is 0 Å². The summed E-state index contributed by atoms with van der Waals surface area (Å²) in [5, 5.41) is 0.363. The van der Waals surface area contributed by atoms with Crippen LogP contribution in [0.4, 0.5) is 5.95 Å². The van der Waals surface area contributed by atoms with E-state index < -0.39 is 0 Å². The Hall–Kier alpha value is 0.274. The molecule has 0 unspecified atom stereocenters. The number of anilines is 1. The van der Waals surface area contributed by atoms with Gasteiger partial charge in [-0.25, -0.2) is 0 Å². The second kappa shape index (κ2) is 4.21. The van der Waals surface area contributed by atoms with Gasteiger partial charge >= 0.3 is 0 Å². The molecule has 0 spiro atoms. The fraction of sp³-hybridized carbons (Fsp3) is 0.200. The molecule has 0 atom stereocenters. The minimum atomic E-state index is 0. The van der Waals surface area contributed by atoms with Crippen LogP contribution in [0.2, 0.25) is 5.15 Å². The normalized spacial score (nSPS) is 8.60. The first kappa shape index (κ1) is 10.3. The van der Waals surface area contributed by atoms with Crippen molar-refractivity contribution in [2.24, 2.45) is 0 Å². The van der Waals surface area contributed by atoms with Gasteiger partial charge in [0.05, 0.1) is 0 Å². The van der Waals surface area contributed by atoms with Crippen LogP contribution >= 0.6 is 11.6 Å². The molecule has 3 nitrogen and oxygen atoms in total. The molecule has 1 rings (SSSR count).